The second-order valence-corrected chi connectivity index (χ2v) is 12.5. The number of aliphatic hydroxyl groups excluding tert-OH is 1. The van der Waals surface area contributed by atoms with E-state index in [0.29, 0.717) is 12.1 Å². The Morgan fingerprint density at radius 3 is 2.38 bits per heavy atom. The van der Waals surface area contributed by atoms with E-state index in [1.165, 1.54) is 0 Å². The topological polar surface area (TPSA) is 47.3 Å². The summed E-state index contributed by atoms with van der Waals surface area (Å²) in [4.78, 5) is 4.21. The van der Waals surface area contributed by atoms with E-state index in [0.717, 1.165) is 31.4 Å². The number of hydrogen-bond donors (Lipinski definition) is 1. The SMILES string of the molecule is CC(C)(C)[Si](C)(C)OC1CCC(n2cnc(CO)c2)CC1. The quantitative estimate of drug-likeness (QED) is 0.859. The summed E-state index contributed by atoms with van der Waals surface area (Å²) in [6.07, 6.45) is 8.78. The van der Waals surface area contributed by atoms with Crippen molar-refractivity contribution < 1.29 is 9.53 Å². The van der Waals surface area contributed by atoms with Crippen molar-refractivity contribution in [2.24, 2.45) is 0 Å². The van der Waals surface area contributed by atoms with Gasteiger partial charge in [0.2, 0.25) is 0 Å². The second kappa shape index (κ2) is 6.22. The van der Waals surface area contributed by atoms with Crippen LogP contribution in [0.3, 0.4) is 0 Å². The van der Waals surface area contributed by atoms with Gasteiger partial charge in [0.25, 0.3) is 0 Å². The first-order valence-corrected chi connectivity index (χ1v) is 10.9. The summed E-state index contributed by atoms with van der Waals surface area (Å²) in [5.41, 5.74) is 0.759. The number of aliphatic hydroxyl groups is 1. The fraction of sp³-hybridized carbons (Fsp3) is 0.812. The zero-order chi connectivity index (χ0) is 15.7. The van der Waals surface area contributed by atoms with Gasteiger partial charge in [0.05, 0.1) is 18.6 Å². The third kappa shape index (κ3) is 3.96. The lowest BCUT2D eigenvalue weighted by atomic mass is 9.93. The highest BCUT2D eigenvalue weighted by Crippen LogP contribution is 2.40. The average molecular weight is 311 g/mol. The summed E-state index contributed by atoms with van der Waals surface area (Å²) in [5, 5.41) is 9.39. The molecule has 0 bridgehead atoms. The van der Waals surface area contributed by atoms with Gasteiger partial charge in [0.1, 0.15) is 0 Å². The van der Waals surface area contributed by atoms with Crippen LogP contribution >= 0.6 is 0 Å². The molecule has 2 rings (SSSR count). The molecule has 1 saturated carbocycles. The first kappa shape index (κ1) is 16.7. The molecule has 1 aromatic rings. The lowest BCUT2D eigenvalue weighted by molar-refractivity contribution is 0.118. The zero-order valence-corrected chi connectivity index (χ0v) is 15.1. The minimum Gasteiger partial charge on any atom is -0.414 e. The van der Waals surface area contributed by atoms with Crippen LogP contribution in [0.1, 0.15) is 58.2 Å². The standard InChI is InChI=1S/C16H30N2O2Si/c1-16(2,3)21(4,5)20-15-8-6-14(7-9-15)18-10-13(11-19)17-12-18/h10,12,14-15,19H,6-9,11H2,1-5H3. The average Bonchev–Trinajstić information content (AvgIpc) is 2.86. The fourth-order valence-corrected chi connectivity index (χ4v) is 4.14. The van der Waals surface area contributed by atoms with Gasteiger partial charge >= 0.3 is 0 Å². The zero-order valence-electron chi connectivity index (χ0n) is 14.1. The van der Waals surface area contributed by atoms with Crippen LogP contribution in [0.2, 0.25) is 18.1 Å². The van der Waals surface area contributed by atoms with Crippen molar-refractivity contribution in [2.75, 3.05) is 0 Å². The van der Waals surface area contributed by atoms with Gasteiger partial charge < -0.3 is 14.1 Å². The Balaban J connectivity index is 1.89. The molecule has 120 valence electrons. The van der Waals surface area contributed by atoms with E-state index >= 15 is 0 Å². The lowest BCUT2D eigenvalue weighted by Gasteiger charge is -2.41. The molecule has 1 aliphatic carbocycles. The molecule has 0 atom stereocenters. The molecule has 4 nitrogen and oxygen atoms in total. The van der Waals surface area contributed by atoms with Gasteiger partial charge in [-0.25, -0.2) is 4.98 Å². The molecule has 1 heterocycles. The summed E-state index contributed by atoms with van der Waals surface area (Å²) in [5.74, 6) is 0. The molecule has 1 aromatic heterocycles. The van der Waals surface area contributed by atoms with Gasteiger partial charge in [-0.05, 0) is 43.8 Å². The highest BCUT2D eigenvalue weighted by Gasteiger charge is 2.39. The maximum absolute atomic E-state index is 9.10. The molecule has 0 saturated heterocycles. The van der Waals surface area contributed by atoms with Crippen LogP contribution in [0, 0.1) is 0 Å². The van der Waals surface area contributed by atoms with Crippen LogP contribution in [0.25, 0.3) is 0 Å². The van der Waals surface area contributed by atoms with E-state index in [-0.39, 0.29) is 11.6 Å². The van der Waals surface area contributed by atoms with E-state index in [9.17, 15) is 0 Å². The summed E-state index contributed by atoms with van der Waals surface area (Å²) in [7, 11) is -1.65. The van der Waals surface area contributed by atoms with Gasteiger partial charge in [-0.3, -0.25) is 0 Å². The number of rotatable bonds is 4. The van der Waals surface area contributed by atoms with Crippen LogP contribution in [0.4, 0.5) is 0 Å². The summed E-state index contributed by atoms with van der Waals surface area (Å²) < 4.78 is 8.69. The Labute approximate surface area is 129 Å². The largest absolute Gasteiger partial charge is 0.414 e. The van der Waals surface area contributed by atoms with Gasteiger partial charge in [-0.1, -0.05) is 20.8 Å². The van der Waals surface area contributed by atoms with Crippen molar-refractivity contribution in [2.45, 2.75) is 83.3 Å². The first-order valence-electron chi connectivity index (χ1n) is 8.04. The van der Waals surface area contributed by atoms with Gasteiger partial charge in [-0.15, -0.1) is 0 Å². The molecule has 5 heteroatoms. The number of aromatic nitrogens is 2. The molecule has 0 amide bonds. The summed E-state index contributed by atoms with van der Waals surface area (Å²) >= 11 is 0. The number of hydrogen-bond acceptors (Lipinski definition) is 3. The number of imidazole rings is 1. The minimum atomic E-state index is -1.65. The van der Waals surface area contributed by atoms with Crippen LogP contribution in [0.5, 0.6) is 0 Å². The van der Waals surface area contributed by atoms with Crippen molar-refractivity contribution in [1.82, 2.24) is 9.55 Å². The highest BCUT2D eigenvalue weighted by molar-refractivity contribution is 6.74. The van der Waals surface area contributed by atoms with Crippen molar-refractivity contribution in [3.05, 3.63) is 18.2 Å². The Bertz CT molecular complexity index is 457. The second-order valence-electron chi connectivity index (χ2n) is 7.78. The molecular formula is C16H30N2O2Si. The van der Waals surface area contributed by atoms with Gasteiger partial charge in [0.15, 0.2) is 8.32 Å². The van der Waals surface area contributed by atoms with E-state index in [1.54, 1.807) is 0 Å². The Hall–Kier alpha value is -0.653. The molecule has 0 aliphatic heterocycles. The molecule has 0 spiro atoms. The molecule has 1 fully saturated rings. The maximum atomic E-state index is 9.10. The Morgan fingerprint density at radius 1 is 1.29 bits per heavy atom. The molecule has 0 aromatic carbocycles. The lowest BCUT2D eigenvalue weighted by Crippen LogP contribution is -2.44. The van der Waals surface area contributed by atoms with E-state index < -0.39 is 8.32 Å². The Kier molecular flexibility index (Phi) is 4.95. The van der Waals surface area contributed by atoms with Crippen molar-refractivity contribution in [3.63, 3.8) is 0 Å². The van der Waals surface area contributed by atoms with Crippen LogP contribution < -0.4 is 0 Å². The van der Waals surface area contributed by atoms with Crippen LogP contribution in [-0.4, -0.2) is 29.1 Å². The normalized spacial score (nSPS) is 24.3. The van der Waals surface area contributed by atoms with Crippen LogP contribution in [-0.2, 0) is 11.0 Å². The summed E-state index contributed by atoms with van der Waals surface area (Å²) in [6, 6.07) is 0.511. The van der Waals surface area contributed by atoms with Crippen LogP contribution in [0.15, 0.2) is 12.5 Å². The molecule has 0 radical (unpaired) electrons. The summed E-state index contributed by atoms with van der Waals surface area (Å²) in [6.45, 7) is 11.6. The number of nitrogens with zero attached hydrogens (tertiary/aromatic N) is 2. The molecular weight excluding hydrogens is 280 g/mol. The van der Waals surface area contributed by atoms with Gasteiger partial charge in [-0.2, -0.15) is 0 Å². The third-order valence-corrected chi connectivity index (χ3v) is 9.68. The Morgan fingerprint density at radius 2 is 1.90 bits per heavy atom. The predicted molar refractivity (Wildman–Crippen MR) is 87.7 cm³/mol. The maximum Gasteiger partial charge on any atom is 0.192 e. The van der Waals surface area contributed by atoms with E-state index in [2.05, 4.69) is 43.4 Å². The van der Waals surface area contributed by atoms with E-state index in [1.807, 2.05) is 12.5 Å². The monoisotopic (exact) mass is 310 g/mol. The third-order valence-electron chi connectivity index (χ3n) is 5.15. The smallest absolute Gasteiger partial charge is 0.192 e. The van der Waals surface area contributed by atoms with Crippen molar-refractivity contribution >= 4 is 8.32 Å². The predicted octanol–water partition coefficient (Wildman–Crippen LogP) is 3.88. The molecule has 0 unspecified atom stereocenters. The molecule has 1 N–H and O–H groups in total. The van der Waals surface area contributed by atoms with Gasteiger partial charge in [0, 0.05) is 18.3 Å². The van der Waals surface area contributed by atoms with Crippen molar-refractivity contribution in [3.8, 4) is 0 Å². The van der Waals surface area contributed by atoms with E-state index in [4.69, 9.17) is 9.53 Å². The molecule has 1 aliphatic rings. The van der Waals surface area contributed by atoms with Crippen molar-refractivity contribution in [1.29, 1.82) is 0 Å². The fourth-order valence-electron chi connectivity index (χ4n) is 2.72. The molecule has 21 heavy (non-hydrogen) atoms. The minimum absolute atomic E-state index is 0.0246. The first-order chi connectivity index (χ1) is 9.73. The highest BCUT2D eigenvalue weighted by atomic mass is 28.4.